The predicted molar refractivity (Wildman–Crippen MR) is 73.6 cm³/mol. The summed E-state index contributed by atoms with van der Waals surface area (Å²) >= 11 is 2.60. The fraction of sp³-hybridized carbons (Fsp3) is 0.455. The second kappa shape index (κ2) is 7.51. The molecule has 0 saturated carbocycles. The zero-order valence-corrected chi connectivity index (χ0v) is 11.7. The Kier molecular flexibility index (Phi) is 5.67. The maximum absolute atomic E-state index is 9.82. The van der Waals surface area contributed by atoms with Gasteiger partial charge in [0.1, 0.15) is 18.9 Å². The van der Waals surface area contributed by atoms with Crippen LogP contribution < -0.4 is 10.1 Å². The Balaban J connectivity index is 1.60. The van der Waals surface area contributed by atoms with Crippen molar-refractivity contribution in [2.24, 2.45) is 0 Å². The molecule has 0 amide bonds. The molecule has 3 N–H and O–H groups in total. The standard InChI is InChI=1S/C11H15N3O3S2/c15-9(6-17-11-5-13-19-14-11)3-12-4-10(16)8-1-2-18-7-8/h1-2,5,7,9-10,12,15-16H,3-4,6H2. The smallest absolute Gasteiger partial charge is 0.245 e. The fourth-order valence-corrected chi connectivity index (χ4v) is 2.50. The average molecular weight is 301 g/mol. The molecule has 2 rings (SSSR count). The molecule has 2 aromatic heterocycles. The molecule has 0 radical (unpaired) electrons. The Morgan fingerprint density at radius 1 is 1.37 bits per heavy atom. The summed E-state index contributed by atoms with van der Waals surface area (Å²) in [6.07, 6.45) is 0.295. The highest BCUT2D eigenvalue weighted by Crippen LogP contribution is 2.14. The number of aliphatic hydroxyl groups is 2. The minimum Gasteiger partial charge on any atom is -0.473 e. The van der Waals surface area contributed by atoms with Gasteiger partial charge in [0.2, 0.25) is 5.88 Å². The van der Waals surface area contributed by atoms with Gasteiger partial charge >= 0.3 is 0 Å². The van der Waals surface area contributed by atoms with E-state index in [1.807, 2.05) is 16.8 Å². The van der Waals surface area contributed by atoms with Crippen LogP contribution in [0.15, 0.2) is 23.0 Å². The number of ether oxygens (including phenoxy) is 1. The number of rotatable bonds is 8. The molecule has 0 aliphatic heterocycles. The lowest BCUT2D eigenvalue weighted by Crippen LogP contribution is -2.33. The molecule has 19 heavy (non-hydrogen) atoms. The van der Waals surface area contributed by atoms with Gasteiger partial charge in [0.25, 0.3) is 0 Å². The van der Waals surface area contributed by atoms with Gasteiger partial charge in [0, 0.05) is 13.1 Å². The van der Waals surface area contributed by atoms with Crippen LogP contribution in [0.2, 0.25) is 0 Å². The van der Waals surface area contributed by atoms with Crippen LogP contribution >= 0.6 is 23.1 Å². The van der Waals surface area contributed by atoms with Crippen molar-refractivity contribution in [1.29, 1.82) is 0 Å². The molecule has 0 spiro atoms. The number of hydrogen-bond donors (Lipinski definition) is 3. The molecular formula is C11H15N3O3S2. The highest BCUT2D eigenvalue weighted by molar-refractivity contribution is 7.08. The number of aromatic nitrogens is 2. The monoisotopic (exact) mass is 301 g/mol. The van der Waals surface area contributed by atoms with Crippen molar-refractivity contribution in [1.82, 2.24) is 14.1 Å². The van der Waals surface area contributed by atoms with E-state index in [4.69, 9.17) is 4.74 Å². The van der Waals surface area contributed by atoms with Crippen molar-refractivity contribution in [2.75, 3.05) is 19.7 Å². The summed E-state index contributed by atoms with van der Waals surface area (Å²) in [5.74, 6) is 0.419. The van der Waals surface area contributed by atoms with Gasteiger partial charge in [0.05, 0.1) is 17.8 Å². The molecule has 0 bridgehead atoms. The Morgan fingerprint density at radius 2 is 2.26 bits per heavy atom. The van der Waals surface area contributed by atoms with Crippen LogP contribution in [0, 0.1) is 0 Å². The quantitative estimate of drug-likeness (QED) is 0.664. The summed E-state index contributed by atoms with van der Waals surface area (Å²) in [4.78, 5) is 0. The highest BCUT2D eigenvalue weighted by atomic mass is 32.1. The largest absolute Gasteiger partial charge is 0.473 e. The molecular weight excluding hydrogens is 286 g/mol. The van der Waals surface area contributed by atoms with E-state index >= 15 is 0 Å². The Bertz CT molecular complexity index is 450. The molecule has 2 atom stereocenters. The first-order chi connectivity index (χ1) is 9.25. The van der Waals surface area contributed by atoms with Gasteiger partial charge in [-0.2, -0.15) is 15.7 Å². The molecule has 6 nitrogen and oxygen atoms in total. The van der Waals surface area contributed by atoms with E-state index in [1.165, 1.54) is 6.20 Å². The normalized spacial score (nSPS) is 14.2. The first kappa shape index (κ1) is 14.4. The van der Waals surface area contributed by atoms with Crippen LogP contribution in [0.4, 0.5) is 0 Å². The number of hydrogen-bond acceptors (Lipinski definition) is 8. The summed E-state index contributed by atoms with van der Waals surface area (Å²) in [6, 6.07) is 1.88. The maximum atomic E-state index is 9.82. The first-order valence-electron chi connectivity index (χ1n) is 5.75. The molecule has 0 saturated heterocycles. The van der Waals surface area contributed by atoms with E-state index < -0.39 is 12.2 Å². The summed E-state index contributed by atoms with van der Waals surface area (Å²) in [5, 5.41) is 26.3. The first-order valence-corrected chi connectivity index (χ1v) is 7.42. The summed E-state index contributed by atoms with van der Waals surface area (Å²) in [5.41, 5.74) is 0.886. The molecule has 0 aliphatic carbocycles. The number of nitrogens with one attached hydrogen (secondary N) is 1. The van der Waals surface area contributed by atoms with Gasteiger partial charge in [-0.05, 0) is 22.4 Å². The van der Waals surface area contributed by atoms with Crippen molar-refractivity contribution >= 4 is 23.1 Å². The molecule has 0 aliphatic rings. The number of nitrogens with zero attached hydrogens (tertiary/aromatic N) is 2. The third-order valence-electron chi connectivity index (χ3n) is 2.41. The molecule has 104 valence electrons. The molecule has 0 aromatic carbocycles. The van der Waals surface area contributed by atoms with E-state index in [0.29, 0.717) is 19.0 Å². The summed E-state index contributed by atoms with van der Waals surface area (Å²) in [7, 11) is 0. The van der Waals surface area contributed by atoms with Crippen molar-refractivity contribution in [3.63, 3.8) is 0 Å². The van der Waals surface area contributed by atoms with Crippen LogP contribution in [0.5, 0.6) is 5.88 Å². The minimum absolute atomic E-state index is 0.146. The van der Waals surface area contributed by atoms with E-state index in [-0.39, 0.29) is 6.61 Å². The van der Waals surface area contributed by atoms with Gasteiger partial charge in [-0.25, -0.2) is 0 Å². The zero-order valence-electron chi connectivity index (χ0n) is 10.1. The van der Waals surface area contributed by atoms with Crippen molar-refractivity contribution in [3.05, 3.63) is 28.6 Å². The average Bonchev–Trinajstić information content (AvgIpc) is 3.09. The highest BCUT2D eigenvalue weighted by Gasteiger charge is 2.10. The third-order valence-corrected chi connectivity index (χ3v) is 3.57. The second-order valence-corrected chi connectivity index (χ2v) is 5.28. The van der Waals surface area contributed by atoms with Gasteiger partial charge in [-0.3, -0.25) is 0 Å². The molecule has 8 heteroatoms. The fourth-order valence-electron chi connectivity index (χ4n) is 1.43. The molecule has 2 aromatic rings. The van der Waals surface area contributed by atoms with Gasteiger partial charge < -0.3 is 20.3 Å². The lowest BCUT2D eigenvalue weighted by molar-refractivity contribution is 0.0979. The van der Waals surface area contributed by atoms with Crippen LogP contribution in [0.1, 0.15) is 11.7 Å². The van der Waals surface area contributed by atoms with Gasteiger partial charge in [-0.15, -0.1) is 4.37 Å². The van der Waals surface area contributed by atoms with Crippen LogP contribution in [-0.4, -0.2) is 44.8 Å². The second-order valence-electron chi connectivity index (χ2n) is 3.94. The molecule has 0 fully saturated rings. The molecule has 2 unspecified atom stereocenters. The Hall–Kier alpha value is -1.06. The number of aliphatic hydroxyl groups excluding tert-OH is 2. The minimum atomic E-state index is -0.656. The Morgan fingerprint density at radius 3 is 2.95 bits per heavy atom. The van der Waals surface area contributed by atoms with E-state index in [9.17, 15) is 10.2 Å². The van der Waals surface area contributed by atoms with E-state index in [2.05, 4.69) is 14.1 Å². The van der Waals surface area contributed by atoms with E-state index in [0.717, 1.165) is 17.3 Å². The summed E-state index contributed by atoms with van der Waals surface area (Å²) in [6.45, 7) is 0.887. The SMILES string of the molecule is OC(CNCC(O)c1ccsc1)COc1cnsn1. The van der Waals surface area contributed by atoms with Crippen molar-refractivity contribution in [3.8, 4) is 5.88 Å². The van der Waals surface area contributed by atoms with Crippen LogP contribution in [-0.2, 0) is 0 Å². The lowest BCUT2D eigenvalue weighted by Gasteiger charge is -2.14. The third kappa shape index (κ3) is 4.84. The topological polar surface area (TPSA) is 87.5 Å². The summed E-state index contributed by atoms with van der Waals surface area (Å²) < 4.78 is 12.9. The lowest BCUT2D eigenvalue weighted by atomic mass is 10.2. The van der Waals surface area contributed by atoms with Gasteiger partial charge in [0.15, 0.2) is 0 Å². The van der Waals surface area contributed by atoms with Crippen LogP contribution in [0.3, 0.4) is 0 Å². The zero-order chi connectivity index (χ0) is 13.5. The Labute approximate surface area is 119 Å². The van der Waals surface area contributed by atoms with Crippen molar-refractivity contribution < 1.29 is 14.9 Å². The van der Waals surface area contributed by atoms with E-state index in [1.54, 1.807) is 11.3 Å². The van der Waals surface area contributed by atoms with Gasteiger partial charge in [-0.1, -0.05) is 0 Å². The predicted octanol–water partition coefficient (Wildman–Crippen LogP) is 0.662. The number of thiophene rings is 1. The molecule has 2 heterocycles. The maximum Gasteiger partial charge on any atom is 0.245 e. The van der Waals surface area contributed by atoms with Crippen LogP contribution in [0.25, 0.3) is 0 Å². The van der Waals surface area contributed by atoms with Crippen molar-refractivity contribution in [2.45, 2.75) is 12.2 Å².